The summed E-state index contributed by atoms with van der Waals surface area (Å²) in [5, 5.41) is 2.66. The molecular weight excluding hydrogens is 230 g/mol. The van der Waals surface area contributed by atoms with Crippen LogP contribution in [0.25, 0.3) is 0 Å². The van der Waals surface area contributed by atoms with Crippen molar-refractivity contribution in [3.8, 4) is 0 Å². The van der Waals surface area contributed by atoms with Crippen LogP contribution in [0, 0.1) is 5.92 Å². The maximum atomic E-state index is 11.7. The largest absolute Gasteiger partial charge is 0.368 e. The normalized spacial score (nSPS) is 24.6. The second-order valence-electron chi connectivity index (χ2n) is 5.87. The molecule has 0 bridgehead atoms. The van der Waals surface area contributed by atoms with E-state index in [1.54, 1.807) is 13.8 Å². The average molecular weight is 255 g/mol. The number of rotatable bonds is 5. The van der Waals surface area contributed by atoms with Crippen LogP contribution < -0.4 is 16.8 Å². The zero-order valence-electron chi connectivity index (χ0n) is 11.4. The number of carbonyl (C=O) groups is 2. The van der Waals surface area contributed by atoms with Crippen molar-refractivity contribution in [1.29, 1.82) is 0 Å². The topological polar surface area (TPSA) is 98.2 Å². The Morgan fingerprint density at radius 1 is 1.33 bits per heavy atom. The van der Waals surface area contributed by atoms with Crippen LogP contribution in [0.2, 0.25) is 0 Å². The van der Waals surface area contributed by atoms with Gasteiger partial charge in [-0.1, -0.05) is 12.8 Å². The van der Waals surface area contributed by atoms with Crippen LogP contribution in [0.3, 0.4) is 0 Å². The Kier molecular flexibility index (Phi) is 5.14. The van der Waals surface area contributed by atoms with Gasteiger partial charge < -0.3 is 16.8 Å². The van der Waals surface area contributed by atoms with Gasteiger partial charge in [0.15, 0.2) is 0 Å². The first-order valence-corrected chi connectivity index (χ1v) is 6.68. The van der Waals surface area contributed by atoms with E-state index in [1.807, 2.05) is 0 Å². The molecule has 5 N–H and O–H groups in total. The van der Waals surface area contributed by atoms with Crippen LogP contribution in [0.5, 0.6) is 0 Å². The SMILES string of the molecule is CC(C)(NC(=O)CCC1CCCC(N)C1)C(N)=O. The minimum Gasteiger partial charge on any atom is -0.368 e. The Bertz CT molecular complexity index is 315. The van der Waals surface area contributed by atoms with Crippen molar-refractivity contribution >= 4 is 11.8 Å². The van der Waals surface area contributed by atoms with E-state index >= 15 is 0 Å². The highest BCUT2D eigenvalue weighted by Crippen LogP contribution is 2.26. The number of primary amides is 1. The molecule has 0 aliphatic heterocycles. The quantitative estimate of drug-likeness (QED) is 0.673. The highest BCUT2D eigenvalue weighted by atomic mass is 16.2. The van der Waals surface area contributed by atoms with Gasteiger partial charge in [0.2, 0.25) is 11.8 Å². The molecule has 0 saturated heterocycles. The molecule has 0 spiro atoms. The van der Waals surface area contributed by atoms with Crippen molar-refractivity contribution in [1.82, 2.24) is 5.32 Å². The fourth-order valence-electron chi connectivity index (χ4n) is 2.40. The van der Waals surface area contributed by atoms with Crippen molar-refractivity contribution in [2.45, 2.75) is 64.0 Å². The predicted octanol–water partition coefficient (Wildman–Crippen LogP) is 0.664. The summed E-state index contributed by atoms with van der Waals surface area (Å²) in [6.07, 6.45) is 5.69. The van der Waals surface area contributed by atoms with Crippen LogP contribution in [0.4, 0.5) is 0 Å². The highest BCUT2D eigenvalue weighted by Gasteiger charge is 2.27. The third-order valence-electron chi connectivity index (χ3n) is 3.67. The van der Waals surface area contributed by atoms with Crippen molar-refractivity contribution in [2.24, 2.45) is 17.4 Å². The summed E-state index contributed by atoms with van der Waals surface area (Å²) in [6.45, 7) is 3.23. The number of nitrogens with two attached hydrogens (primary N) is 2. The predicted molar refractivity (Wildman–Crippen MR) is 70.6 cm³/mol. The first-order chi connectivity index (χ1) is 8.31. The molecule has 104 valence electrons. The van der Waals surface area contributed by atoms with Gasteiger partial charge in [0.1, 0.15) is 5.54 Å². The molecule has 5 nitrogen and oxygen atoms in total. The van der Waals surface area contributed by atoms with Gasteiger partial charge in [-0.25, -0.2) is 0 Å². The van der Waals surface area contributed by atoms with Crippen molar-refractivity contribution < 1.29 is 9.59 Å². The first-order valence-electron chi connectivity index (χ1n) is 6.68. The highest BCUT2D eigenvalue weighted by molar-refractivity contribution is 5.89. The molecule has 1 aliphatic rings. The van der Waals surface area contributed by atoms with Crippen LogP contribution in [0.15, 0.2) is 0 Å². The van der Waals surface area contributed by atoms with Crippen LogP contribution in [0.1, 0.15) is 52.4 Å². The Morgan fingerprint density at radius 3 is 2.56 bits per heavy atom. The summed E-state index contributed by atoms with van der Waals surface area (Å²) in [5.41, 5.74) is 10.1. The fourth-order valence-corrected chi connectivity index (χ4v) is 2.40. The summed E-state index contributed by atoms with van der Waals surface area (Å²) >= 11 is 0. The molecule has 5 heteroatoms. The van der Waals surface area contributed by atoms with E-state index in [4.69, 9.17) is 11.5 Å². The van der Waals surface area contributed by atoms with Crippen LogP contribution in [-0.2, 0) is 9.59 Å². The van der Waals surface area contributed by atoms with E-state index in [-0.39, 0.29) is 11.9 Å². The van der Waals surface area contributed by atoms with Gasteiger partial charge in [-0.15, -0.1) is 0 Å². The molecule has 0 aromatic carbocycles. The van der Waals surface area contributed by atoms with Gasteiger partial charge in [-0.3, -0.25) is 9.59 Å². The monoisotopic (exact) mass is 255 g/mol. The zero-order chi connectivity index (χ0) is 13.8. The third-order valence-corrected chi connectivity index (χ3v) is 3.67. The average Bonchev–Trinajstić information content (AvgIpc) is 2.25. The van der Waals surface area contributed by atoms with Crippen molar-refractivity contribution in [3.05, 3.63) is 0 Å². The molecule has 0 heterocycles. The molecule has 2 unspecified atom stereocenters. The van der Waals surface area contributed by atoms with Crippen LogP contribution in [-0.4, -0.2) is 23.4 Å². The Balaban J connectivity index is 2.31. The summed E-state index contributed by atoms with van der Waals surface area (Å²) in [5.74, 6) is -0.0929. The van der Waals surface area contributed by atoms with Gasteiger partial charge in [0.25, 0.3) is 0 Å². The van der Waals surface area contributed by atoms with E-state index in [2.05, 4.69) is 5.32 Å². The van der Waals surface area contributed by atoms with E-state index < -0.39 is 11.4 Å². The molecule has 1 aliphatic carbocycles. The first kappa shape index (κ1) is 15.0. The maximum Gasteiger partial charge on any atom is 0.242 e. The van der Waals surface area contributed by atoms with Gasteiger partial charge in [-0.05, 0) is 39.0 Å². The number of amides is 2. The summed E-state index contributed by atoms with van der Waals surface area (Å²) < 4.78 is 0. The van der Waals surface area contributed by atoms with Crippen molar-refractivity contribution in [3.63, 3.8) is 0 Å². The third kappa shape index (κ3) is 4.64. The van der Waals surface area contributed by atoms with E-state index in [9.17, 15) is 9.59 Å². The van der Waals surface area contributed by atoms with Gasteiger partial charge in [0, 0.05) is 12.5 Å². The smallest absolute Gasteiger partial charge is 0.242 e. The second kappa shape index (κ2) is 6.18. The number of carbonyl (C=O) groups excluding carboxylic acids is 2. The summed E-state index contributed by atoms with van der Waals surface area (Å²) in [7, 11) is 0. The van der Waals surface area contributed by atoms with Crippen LogP contribution >= 0.6 is 0 Å². The number of hydrogen-bond acceptors (Lipinski definition) is 3. The van der Waals surface area contributed by atoms with Crippen molar-refractivity contribution in [2.75, 3.05) is 0 Å². The van der Waals surface area contributed by atoms with E-state index in [0.29, 0.717) is 12.3 Å². The molecule has 0 aromatic rings. The summed E-state index contributed by atoms with van der Waals surface area (Å²) in [6, 6.07) is 0.286. The molecule has 1 fully saturated rings. The lowest BCUT2D eigenvalue weighted by atomic mass is 9.83. The molecule has 18 heavy (non-hydrogen) atoms. The van der Waals surface area contributed by atoms with Gasteiger partial charge in [0.05, 0.1) is 0 Å². The lowest BCUT2D eigenvalue weighted by molar-refractivity contribution is -0.130. The second-order valence-corrected chi connectivity index (χ2v) is 5.87. The Morgan fingerprint density at radius 2 is 2.00 bits per heavy atom. The standard InChI is InChI=1S/C13H25N3O2/c1-13(2,12(15)18)16-11(17)7-6-9-4-3-5-10(14)8-9/h9-10H,3-8,14H2,1-2H3,(H2,15,18)(H,16,17). The van der Waals surface area contributed by atoms with E-state index in [1.165, 1.54) is 0 Å². The fraction of sp³-hybridized carbons (Fsp3) is 0.846. The molecule has 1 rings (SSSR count). The Labute approximate surface area is 109 Å². The minimum absolute atomic E-state index is 0.113. The minimum atomic E-state index is -0.972. The molecule has 0 radical (unpaired) electrons. The molecule has 2 atom stereocenters. The van der Waals surface area contributed by atoms with Gasteiger partial charge >= 0.3 is 0 Å². The Hall–Kier alpha value is -1.10. The molecule has 2 amide bonds. The zero-order valence-corrected chi connectivity index (χ0v) is 11.4. The summed E-state index contributed by atoms with van der Waals surface area (Å²) in [4.78, 5) is 22.8. The molecular formula is C13H25N3O2. The van der Waals surface area contributed by atoms with E-state index in [0.717, 1.165) is 32.1 Å². The lowest BCUT2D eigenvalue weighted by Gasteiger charge is -2.27. The number of nitrogens with one attached hydrogen (secondary N) is 1. The maximum absolute atomic E-state index is 11.7. The number of hydrogen-bond donors (Lipinski definition) is 3. The lowest BCUT2D eigenvalue weighted by Crippen LogP contribution is -2.53. The molecule has 0 aromatic heterocycles. The molecule has 1 saturated carbocycles. The van der Waals surface area contributed by atoms with Gasteiger partial charge in [-0.2, -0.15) is 0 Å².